The smallest absolute Gasteiger partial charge is 0.313 e. The van der Waals surface area contributed by atoms with Crippen molar-refractivity contribution in [2.45, 2.75) is 18.8 Å². The lowest BCUT2D eigenvalue weighted by Gasteiger charge is -2.25. The molecule has 0 saturated heterocycles. The molecule has 0 amide bonds. The second-order valence-corrected chi connectivity index (χ2v) is 4.82. The maximum atomic E-state index is 11.3. The molecule has 3 nitrogen and oxygen atoms in total. The first-order chi connectivity index (χ1) is 7.02. The van der Waals surface area contributed by atoms with E-state index in [0.717, 1.165) is 9.13 Å². The third-order valence-electron chi connectivity index (χ3n) is 2.58. The van der Waals surface area contributed by atoms with Crippen LogP contribution in [0.5, 0.6) is 0 Å². The van der Waals surface area contributed by atoms with Gasteiger partial charge in [-0.05, 0) is 54.1 Å². The van der Waals surface area contributed by atoms with Gasteiger partial charge in [0.2, 0.25) is 0 Å². The second-order valence-electron chi connectivity index (χ2n) is 3.66. The first-order valence-corrected chi connectivity index (χ1v) is 5.78. The van der Waals surface area contributed by atoms with Crippen LogP contribution in [0.25, 0.3) is 0 Å². The molecule has 1 atom stereocenters. The summed E-state index contributed by atoms with van der Waals surface area (Å²) in [5, 5.41) is 9.28. The molecule has 0 spiro atoms. The Morgan fingerprint density at radius 3 is 2.60 bits per heavy atom. The largest absolute Gasteiger partial charge is 0.481 e. The van der Waals surface area contributed by atoms with Gasteiger partial charge in [0, 0.05) is 3.57 Å². The summed E-state index contributed by atoms with van der Waals surface area (Å²) < 4.78 is 0.966. The summed E-state index contributed by atoms with van der Waals surface area (Å²) in [7, 11) is 0. The summed E-state index contributed by atoms with van der Waals surface area (Å²) >= 11 is 2.15. The standard InChI is InChI=1S/C11H14INO2/c1-11(6-7-13,10(14)15)8-4-2-3-5-9(8)12/h2-5H,6-7,13H2,1H3,(H,14,15). The average Bonchev–Trinajstić information content (AvgIpc) is 2.18. The van der Waals surface area contributed by atoms with E-state index in [1.165, 1.54) is 0 Å². The molecule has 0 fully saturated rings. The predicted molar refractivity (Wildman–Crippen MR) is 67.8 cm³/mol. The summed E-state index contributed by atoms with van der Waals surface area (Å²) in [6, 6.07) is 7.52. The lowest BCUT2D eigenvalue weighted by Crippen LogP contribution is -2.35. The van der Waals surface area contributed by atoms with Crippen molar-refractivity contribution in [1.29, 1.82) is 0 Å². The van der Waals surface area contributed by atoms with Crippen LogP contribution in [0.3, 0.4) is 0 Å². The zero-order chi connectivity index (χ0) is 11.5. The molecule has 1 aromatic carbocycles. The second kappa shape index (κ2) is 4.94. The van der Waals surface area contributed by atoms with Gasteiger partial charge in [-0.1, -0.05) is 18.2 Å². The summed E-state index contributed by atoms with van der Waals surface area (Å²) in [6.07, 6.45) is 0.447. The van der Waals surface area contributed by atoms with Gasteiger partial charge >= 0.3 is 5.97 Å². The van der Waals surface area contributed by atoms with Crippen molar-refractivity contribution in [3.05, 3.63) is 33.4 Å². The summed E-state index contributed by atoms with van der Waals surface area (Å²) in [5.74, 6) is -0.822. The molecule has 0 aliphatic heterocycles. The van der Waals surface area contributed by atoms with Gasteiger partial charge in [0.15, 0.2) is 0 Å². The highest BCUT2D eigenvalue weighted by molar-refractivity contribution is 14.1. The fourth-order valence-electron chi connectivity index (χ4n) is 1.55. The molecule has 0 aromatic heterocycles. The summed E-state index contributed by atoms with van der Waals surface area (Å²) in [4.78, 5) is 11.3. The molecule has 3 N–H and O–H groups in total. The zero-order valence-corrected chi connectivity index (χ0v) is 10.7. The lowest BCUT2D eigenvalue weighted by molar-refractivity contribution is -0.143. The average molecular weight is 319 g/mol. The minimum Gasteiger partial charge on any atom is -0.481 e. The minimum atomic E-state index is -0.882. The first-order valence-electron chi connectivity index (χ1n) is 4.71. The summed E-state index contributed by atoms with van der Waals surface area (Å²) in [5.41, 5.74) is 5.43. The highest BCUT2D eigenvalue weighted by Crippen LogP contribution is 2.31. The number of halogens is 1. The van der Waals surface area contributed by atoms with Crippen LogP contribution in [0, 0.1) is 3.57 Å². The van der Waals surface area contributed by atoms with Crippen LogP contribution in [-0.4, -0.2) is 17.6 Å². The van der Waals surface area contributed by atoms with E-state index in [2.05, 4.69) is 22.6 Å². The number of rotatable bonds is 4. The molecular formula is C11H14INO2. The topological polar surface area (TPSA) is 63.3 Å². The van der Waals surface area contributed by atoms with E-state index >= 15 is 0 Å². The van der Waals surface area contributed by atoms with Gasteiger partial charge in [0.05, 0.1) is 5.41 Å². The Balaban J connectivity index is 3.21. The molecule has 0 bridgehead atoms. The normalized spacial score (nSPS) is 14.6. The van der Waals surface area contributed by atoms with Gasteiger partial charge in [-0.3, -0.25) is 4.79 Å². The van der Waals surface area contributed by atoms with Crippen molar-refractivity contribution in [1.82, 2.24) is 0 Å². The van der Waals surface area contributed by atoms with Gasteiger partial charge in [0.1, 0.15) is 0 Å². The molecular weight excluding hydrogens is 305 g/mol. The fraction of sp³-hybridized carbons (Fsp3) is 0.364. The van der Waals surface area contributed by atoms with Crippen molar-refractivity contribution in [3.63, 3.8) is 0 Å². The number of hydrogen-bond acceptors (Lipinski definition) is 2. The third-order valence-corrected chi connectivity index (χ3v) is 3.53. The Kier molecular flexibility index (Phi) is 4.10. The third kappa shape index (κ3) is 2.49. The van der Waals surface area contributed by atoms with E-state index in [1.807, 2.05) is 24.3 Å². The van der Waals surface area contributed by atoms with E-state index in [-0.39, 0.29) is 0 Å². The van der Waals surface area contributed by atoms with E-state index in [0.29, 0.717) is 13.0 Å². The highest BCUT2D eigenvalue weighted by Gasteiger charge is 2.35. The van der Waals surface area contributed by atoms with Gasteiger partial charge in [-0.15, -0.1) is 0 Å². The van der Waals surface area contributed by atoms with Crippen molar-refractivity contribution in [3.8, 4) is 0 Å². The molecule has 82 valence electrons. The van der Waals surface area contributed by atoms with Crippen molar-refractivity contribution < 1.29 is 9.90 Å². The Bertz CT molecular complexity index is 367. The maximum absolute atomic E-state index is 11.3. The number of hydrogen-bond donors (Lipinski definition) is 2. The van der Waals surface area contributed by atoms with Crippen LogP contribution in [-0.2, 0) is 10.2 Å². The SMILES string of the molecule is CC(CCN)(C(=O)O)c1ccccc1I. The van der Waals surface area contributed by atoms with E-state index in [9.17, 15) is 9.90 Å². The number of benzene rings is 1. The minimum absolute atomic E-state index is 0.369. The van der Waals surface area contributed by atoms with Crippen LogP contribution in [0.15, 0.2) is 24.3 Å². The molecule has 1 unspecified atom stereocenters. The van der Waals surface area contributed by atoms with E-state index in [1.54, 1.807) is 6.92 Å². The molecule has 0 saturated carbocycles. The Morgan fingerprint density at radius 1 is 1.53 bits per heavy atom. The van der Waals surface area contributed by atoms with Crippen LogP contribution in [0.4, 0.5) is 0 Å². The van der Waals surface area contributed by atoms with E-state index < -0.39 is 11.4 Å². The molecule has 0 heterocycles. The van der Waals surface area contributed by atoms with Crippen LogP contribution < -0.4 is 5.73 Å². The summed E-state index contributed by atoms with van der Waals surface area (Å²) in [6.45, 7) is 2.09. The molecule has 4 heteroatoms. The van der Waals surface area contributed by atoms with Gasteiger partial charge in [-0.25, -0.2) is 0 Å². The Morgan fingerprint density at radius 2 is 2.13 bits per heavy atom. The number of nitrogens with two attached hydrogens (primary N) is 1. The van der Waals surface area contributed by atoms with Crippen LogP contribution in [0.2, 0.25) is 0 Å². The van der Waals surface area contributed by atoms with Gasteiger partial charge in [0.25, 0.3) is 0 Å². The molecule has 1 aromatic rings. The van der Waals surface area contributed by atoms with E-state index in [4.69, 9.17) is 5.73 Å². The molecule has 15 heavy (non-hydrogen) atoms. The Hall–Kier alpha value is -0.620. The molecule has 0 aliphatic rings. The quantitative estimate of drug-likeness (QED) is 0.834. The molecule has 0 aliphatic carbocycles. The fourth-order valence-corrected chi connectivity index (χ4v) is 2.54. The Labute approximate surface area is 103 Å². The van der Waals surface area contributed by atoms with Gasteiger partial charge in [-0.2, -0.15) is 0 Å². The van der Waals surface area contributed by atoms with Crippen molar-refractivity contribution in [2.24, 2.45) is 5.73 Å². The monoisotopic (exact) mass is 319 g/mol. The number of carboxylic acids is 1. The van der Waals surface area contributed by atoms with Crippen LogP contribution >= 0.6 is 22.6 Å². The zero-order valence-electron chi connectivity index (χ0n) is 8.53. The molecule has 0 radical (unpaired) electrons. The number of carboxylic acid groups (broad SMARTS) is 1. The predicted octanol–water partition coefficient (Wildman–Crippen LogP) is 1.98. The number of carbonyl (C=O) groups is 1. The van der Waals surface area contributed by atoms with Crippen molar-refractivity contribution >= 4 is 28.6 Å². The molecule has 1 rings (SSSR count). The number of aliphatic carboxylic acids is 1. The van der Waals surface area contributed by atoms with Gasteiger partial charge < -0.3 is 10.8 Å². The highest BCUT2D eigenvalue weighted by atomic mass is 127. The van der Waals surface area contributed by atoms with Crippen LogP contribution in [0.1, 0.15) is 18.9 Å². The first kappa shape index (κ1) is 12.4. The van der Waals surface area contributed by atoms with Crippen molar-refractivity contribution in [2.75, 3.05) is 6.54 Å². The lowest BCUT2D eigenvalue weighted by atomic mass is 9.79. The maximum Gasteiger partial charge on any atom is 0.313 e.